The van der Waals surface area contributed by atoms with Gasteiger partial charge in [0.25, 0.3) is 5.56 Å². The number of benzene rings is 2. The molecule has 24 heavy (non-hydrogen) atoms. The van der Waals surface area contributed by atoms with Crippen LogP contribution in [0.2, 0.25) is 5.02 Å². The molecule has 3 rings (SSSR count). The number of amides is 1. The molecule has 6 heteroatoms. The Balaban J connectivity index is 1.89. The molecule has 0 saturated carbocycles. The lowest BCUT2D eigenvalue weighted by Gasteiger charge is -2.09. The Morgan fingerprint density at radius 2 is 1.92 bits per heavy atom. The normalized spacial score (nSPS) is 10.8. The average Bonchev–Trinajstić information content (AvgIpc) is 2.56. The molecule has 3 aromatic rings. The van der Waals surface area contributed by atoms with Crippen molar-refractivity contribution in [1.29, 1.82) is 0 Å². The molecule has 1 heterocycles. The van der Waals surface area contributed by atoms with E-state index in [1.54, 1.807) is 37.4 Å². The number of carbonyl (C=O) groups is 1. The molecule has 2 aromatic carbocycles. The minimum absolute atomic E-state index is 0.0797. The fourth-order valence-corrected chi connectivity index (χ4v) is 2.70. The van der Waals surface area contributed by atoms with Crippen molar-refractivity contribution < 1.29 is 4.79 Å². The van der Waals surface area contributed by atoms with Gasteiger partial charge in [-0.05, 0) is 36.8 Å². The molecule has 0 aliphatic rings. The lowest BCUT2D eigenvalue weighted by atomic mass is 10.1. The second-order valence-electron chi connectivity index (χ2n) is 5.61. The van der Waals surface area contributed by atoms with Gasteiger partial charge in [-0.2, -0.15) is 5.10 Å². The number of aromatic nitrogens is 2. The monoisotopic (exact) mass is 341 g/mol. The zero-order valence-corrected chi connectivity index (χ0v) is 14.1. The van der Waals surface area contributed by atoms with Crippen molar-refractivity contribution in [3.63, 3.8) is 0 Å². The lowest BCUT2D eigenvalue weighted by Crippen LogP contribution is -2.24. The molecule has 0 atom stereocenters. The molecule has 0 spiro atoms. The van der Waals surface area contributed by atoms with Crippen molar-refractivity contribution >= 4 is 34.0 Å². The number of nitrogens with one attached hydrogen (secondary N) is 1. The SMILES string of the molecule is Cc1cc(NC(=O)Cc2nn(C)c(=O)c3ccccc23)ccc1Cl. The molecule has 1 amide bonds. The van der Waals surface area contributed by atoms with Crippen LogP contribution in [-0.2, 0) is 18.3 Å². The highest BCUT2D eigenvalue weighted by Crippen LogP contribution is 2.20. The highest BCUT2D eigenvalue weighted by atomic mass is 35.5. The summed E-state index contributed by atoms with van der Waals surface area (Å²) in [6.45, 7) is 1.88. The van der Waals surface area contributed by atoms with Crippen molar-refractivity contribution in [2.24, 2.45) is 7.05 Å². The van der Waals surface area contributed by atoms with Crippen LogP contribution < -0.4 is 10.9 Å². The Bertz CT molecular complexity index is 995. The third kappa shape index (κ3) is 3.16. The molecule has 0 aliphatic carbocycles. The van der Waals surface area contributed by atoms with Gasteiger partial charge in [-0.15, -0.1) is 0 Å². The third-order valence-electron chi connectivity index (χ3n) is 3.80. The van der Waals surface area contributed by atoms with Gasteiger partial charge in [0, 0.05) is 23.1 Å². The summed E-state index contributed by atoms with van der Waals surface area (Å²) in [7, 11) is 1.58. The van der Waals surface area contributed by atoms with Gasteiger partial charge in [-0.3, -0.25) is 9.59 Å². The van der Waals surface area contributed by atoms with Gasteiger partial charge < -0.3 is 5.32 Å². The van der Waals surface area contributed by atoms with Crippen LogP contribution in [0.25, 0.3) is 10.8 Å². The highest BCUT2D eigenvalue weighted by Gasteiger charge is 2.12. The summed E-state index contributed by atoms with van der Waals surface area (Å²) in [5.41, 5.74) is 1.95. The summed E-state index contributed by atoms with van der Waals surface area (Å²) < 4.78 is 1.26. The van der Waals surface area contributed by atoms with Crippen molar-refractivity contribution in [2.45, 2.75) is 13.3 Å². The molecule has 0 aliphatic heterocycles. The predicted molar refractivity (Wildman–Crippen MR) is 95.5 cm³/mol. The maximum atomic E-state index is 12.3. The van der Waals surface area contributed by atoms with Crippen LogP contribution in [0, 0.1) is 6.92 Å². The molecule has 5 nitrogen and oxygen atoms in total. The van der Waals surface area contributed by atoms with E-state index < -0.39 is 0 Å². The first-order chi connectivity index (χ1) is 11.5. The van der Waals surface area contributed by atoms with Crippen molar-refractivity contribution in [1.82, 2.24) is 9.78 Å². The van der Waals surface area contributed by atoms with E-state index in [1.807, 2.05) is 19.1 Å². The van der Waals surface area contributed by atoms with Gasteiger partial charge in [0.15, 0.2) is 0 Å². The highest BCUT2D eigenvalue weighted by molar-refractivity contribution is 6.31. The molecule has 0 bridgehead atoms. The molecule has 1 N–H and O–H groups in total. The standard InChI is InChI=1S/C18H16ClN3O2/c1-11-9-12(7-8-15(11)19)20-17(23)10-16-13-5-3-4-6-14(13)18(24)22(2)21-16/h3-9H,10H2,1-2H3,(H,20,23). The number of carbonyl (C=O) groups excluding carboxylic acids is 1. The van der Waals surface area contributed by atoms with Crippen LogP contribution in [0.1, 0.15) is 11.3 Å². The molecular formula is C18H16ClN3O2. The smallest absolute Gasteiger partial charge is 0.274 e. The molecule has 1 aromatic heterocycles. The Morgan fingerprint density at radius 1 is 1.21 bits per heavy atom. The van der Waals surface area contributed by atoms with Gasteiger partial charge >= 0.3 is 0 Å². The zero-order valence-electron chi connectivity index (χ0n) is 13.3. The predicted octanol–water partition coefficient (Wildman–Crippen LogP) is 3.08. The molecule has 0 unspecified atom stereocenters. The van der Waals surface area contributed by atoms with Crippen LogP contribution >= 0.6 is 11.6 Å². The molecule has 0 radical (unpaired) electrons. The van der Waals surface area contributed by atoms with E-state index in [0.29, 0.717) is 27.2 Å². The summed E-state index contributed by atoms with van der Waals surface area (Å²) in [4.78, 5) is 24.5. The second kappa shape index (κ2) is 6.45. The number of hydrogen-bond donors (Lipinski definition) is 1. The topological polar surface area (TPSA) is 64.0 Å². The fourth-order valence-electron chi connectivity index (χ4n) is 2.59. The number of aryl methyl sites for hydroxylation is 2. The summed E-state index contributed by atoms with van der Waals surface area (Å²) in [6, 6.07) is 12.5. The Labute approximate surface area is 143 Å². The number of fused-ring (bicyclic) bond motifs is 1. The van der Waals surface area contributed by atoms with Crippen molar-refractivity contribution in [3.05, 3.63) is 69.1 Å². The van der Waals surface area contributed by atoms with E-state index in [2.05, 4.69) is 10.4 Å². The maximum absolute atomic E-state index is 12.3. The third-order valence-corrected chi connectivity index (χ3v) is 4.23. The first-order valence-corrected chi connectivity index (χ1v) is 7.84. The van der Waals surface area contributed by atoms with Crippen LogP contribution in [-0.4, -0.2) is 15.7 Å². The van der Waals surface area contributed by atoms with E-state index in [1.165, 1.54) is 4.68 Å². The second-order valence-corrected chi connectivity index (χ2v) is 6.02. The maximum Gasteiger partial charge on any atom is 0.274 e. The number of hydrogen-bond acceptors (Lipinski definition) is 3. The van der Waals surface area contributed by atoms with Crippen LogP contribution in [0.5, 0.6) is 0 Å². The minimum atomic E-state index is -0.201. The average molecular weight is 342 g/mol. The number of halogens is 1. The van der Waals surface area contributed by atoms with E-state index in [4.69, 9.17) is 11.6 Å². The quantitative estimate of drug-likeness (QED) is 0.796. The number of nitrogens with zero attached hydrogens (tertiary/aromatic N) is 2. The minimum Gasteiger partial charge on any atom is -0.326 e. The summed E-state index contributed by atoms with van der Waals surface area (Å²) >= 11 is 5.99. The van der Waals surface area contributed by atoms with Gasteiger partial charge in [0.05, 0.1) is 17.5 Å². The summed E-state index contributed by atoms with van der Waals surface area (Å²) in [6.07, 6.45) is 0.0797. The molecular weight excluding hydrogens is 326 g/mol. The zero-order chi connectivity index (χ0) is 17.3. The molecule has 0 saturated heterocycles. The van der Waals surface area contributed by atoms with E-state index >= 15 is 0 Å². The first-order valence-electron chi connectivity index (χ1n) is 7.46. The Hall–Kier alpha value is -2.66. The van der Waals surface area contributed by atoms with Crippen LogP contribution in [0.15, 0.2) is 47.3 Å². The van der Waals surface area contributed by atoms with Gasteiger partial charge in [-0.1, -0.05) is 29.8 Å². The number of anilines is 1. The summed E-state index contributed by atoms with van der Waals surface area (Å²) in [5, 5.41) is 8.97. The Kier molecular flexibility index (Phi) is 4.36. The van der Waals surface area contributed by atoms with Gasteiger partial charge in [0.2, 0.25) is 5.91 Å². The van der Waals surface area contributed by atoms with Crippen molar-refractivity contribution in [3.8, 4) is 0 Å². The fraction of sp³-hybridized carbons (Fsp3) is 0.167. The molecule has 122 valence electrons. The van der Waals surface area contributed by atoms with Crippen LogP contribution in [0.3, 0.4) is 0 Å². The van der Waals surface area contributed by atoms with E-state index in [9.17, 15) is 9.59 Å². The molecule has 0 fully saturated rings. The van der Waals surface area contributed by atoms with E-state index in [0.717, 1.165) is 5.56 Å². The lowest BCUT2D eigenvalue weighted by molar-refractivity contribution is -0.115. The Morgan fingerprint density at radius 3 is 2.62 bits per heavy atom. The first kappa shape index (κ1) is 16.2. The van der Waals surface area contributed by atoms with Crippen molar-refractivity contribution in [2.75, 3.05) is 5.32 Å². The van der Waals surface area contributed by atoms with Gasteiger partial charge in [-0.25, -0.2) is 4.68 Å². The summed E-state index contributed by atoms with van der Waals surface area (Å²) in [5.74, 6) is -0.201. The largest absolute Gasteiger partial charge is 0.326 e. The van der Waals surface area contributed by atoms with Gasteiger partial charge in [0.1, 0.15) is 0 Å². The van der Waals surface area contributed by atoms with E-state index in [-0.39, 0.29) is 17.9 Å². The number of rotatable bonds is 3. The van der Waals surface area contributed by atoms with Crippen LogP contribution in [0.4, 0.5) is 5.69 Å².